The number of carbonyl (C=O) groups excluding carboxylic acids is 1. The van der Waals surface area contributed by atoms with Crippen LogP contribution in [0.1, 0.15) is 12.0 Å². The molecule has 0 aromatic heterocycles. The van der Waals surface area contributed by atoms with E-state index in [1.165, 1.54) is 16.4 Å². The summed E-state index contributed by atoms with van der Waals surface area (Å²) in [5, 5.41) is 0. The van der Waals surface area contributed by atoms with E-state index in [1.807, 2.05) is 0 Å². The highest BCUT2D eigenvalue weighted by atomic mass is 32.2. The lowest BCUT2D eigenvalue weighted by atomic mass is 10.1. The molecule has 140 valence electrons. The van der Waals surface area contributed by atoms with Crippen LogP contribution in [0.3, 0.4) is 0 Å². The van der Waals surface area contributed by atoms with Crippen molar-refractivity contribution in [2.45, 2.75) is 19.2 Å². The summed E-state index contributed by atoms with van der Waals surface area (Å²) in [6.45, 7) is 1.34. The molecule has 1 aromatic rings. The lowest BCUT2D eigenvalue weighted by Gasteiger charge is -2.21. The average Bonchev–Trinajstić information content (AvgIpc) is 2.73. The lowest BCUT2D eigenvalue weighted by Crippen LogP contribution is -2.37. The number of nitrogens with zero attached hydrogens (tertiary/aromatic N) is 2. The zero-order chi connectivity index (χ0) is 18.7. The van der Waals surface area contributed by atoms with Crippen molar-refractivity contribution in [1.29, 1.82) is 0 Å². The Balaban J connectivity index is 1.93. The molecule has 1 fully saturated rings. The largest absolute Gasteiger partial charge is 0.573 e. The van der Waals surface area contributed by atoms with Gasteiger partial charge in [-0.05, 0) is 24.1 Å². The van der Waals surface area contributed by atoms with Crippen molar-refractivity contribution in [3.8, 4) is 5.75 Å². The van der Waals surface area contributed by atoms with Crippen molar-refractivity contribution >= 4 is 15.9 Å². The topological polar surface area (TPSA) is 66.9 Å². The van der Waals surface area contributed by atoms with Gasteiger partial charge in [0, 0.05) is 26.2 Å². The number of sulfonamides is 1. The Kier molecular flexibility index (Phi) is 5.94. The van der Waals surface area contributed by atoms with E-state index in [1.54, 1.807) is 4.90 Å². The van der Waals surface area contributed by atoms with Crippen LogP contribution in [0.5, 0.6) is 5.75 Å². The first-order valence-electron chi connectivity index (χ1n) is 7.62. The van der Waals surface area contributed by atoms with Crippen molar-refractivity contribution in [2.24, 2.45) is 0 Å². The Morgan fingerprint density at radius 1 is 1.12 bits per heavy atom. The van der Waals surface area contributed by atoms with E-state index in [-0.39, 0.29) is 24.6 Å². The van der Waals surface area contributed by atoms with Crippen LogP contribution in [0.2, 0.25) is 0 Å². The molecule has 0 radical (unpaired) electrons. The maximum absolute atomic E-state index is 12.3. The van der Waals surface area contributed by atoms with Gasteiger partial charge in [0.05, 0.1) is 12.7 Å². The van der Waals surface area contributed by atoms with E-state index >= 15 is 0 Å². The summed E-state index contributed by atoms with van der Waals surface area (Å²) in [7, 11) is -3.29. The van der Waals surface area contributed by atoms with Crippen molar-refractivity contribution in [3.05, 3.63) is 29.8 Å². The summed E-state index contributed by atoms with van der Waals surface area (Å²) in [4.78, 5) is 13.9. The molecule has 6 nitrogen and oxygen atoms in total. The second-order valence-electron chi connectivity index (χ2n) is 5.76. The minimum absolute atomic E-state index is 0.0329. The molecule has 0 atom stereocenters. The van der Waals surface area contributed by atoms with Crippen LogP contribution in [-0.4, -0.2) is 62.3 Å². The Morgan fingerprint density at radius 3 is 2.32 bits per heavy atom. The average molecular weight is 380 g/mol. The zero-order valence-electron chi connectivity index (χ0n) is 13.6. The molecule has 1 heterocycles. The van der Waals surface area contributed by atoms with Gasteiger partial charge in [-0.3, -0.25) is 4.79 Å². The molecule has 0 aliphatic carbocycles. The number of ether oxygens (including phenoxy) is 1. The summed E-state index contributed by atoms with van der Waals surface area (Å²) in [6.07, 6.45) is -3.05. The minimum Gasteiger partial charge on any atom is -0.406 e. The van der Waals surface area contributed by atoms with Crippen LogP contribution in [0.15, 0.2) is 24.3 Å². The fourth-order valence-electron chi connectivity index (χ4n) is 2.57. The Bertz CT molecular complexity index is 704. The standard InChI is InChI=1S/C15H19F3N2O4S/c1-25(22,23)20-8-2-7-19(9-10-20)14(21)11-12-3-5-13(6-4-12)24-15(16,17)18/h3-6H,2,7-11H2,1H3. The van der Waals surface area contributed by atoms with Crippen LogP contribution >= 0.6 is 0 Å². The molecule has 25 heavy (non-hydrogen) atoms. The highest BCUT2D eigenvalue weighted by molar-refractivity contribution is 7.88. The van der Waals surface area contributed by atoms with Gasteiger partial charge in [-0.25, -0.2) is 12.7 Å². The normalized spacial score (nSPS) is 17.2. The minimum atomic E-state index is -4.76. The second kappa shape index (κ2) is 7.61. The van der Waals surface area contributed by atoms with E-state index < -0.39 is 16.4 Å². The Labute approximate surface area is 144 Å². The zero-order valence-corrected chi connectivity index (χ0v) is 14.4. The SMILES string of the molecule is CS(=O)(=O)N1CCCN(C(=O)Cc2ccc(OC(F)(F)F)cc2)CC1. The third-order valence-electron chi connectivity index (χ3n) is 3.79. The summed E-state index contributed by atoms with van der Waals surface area (Å²) in [5.41, 5.74) is 0.559. The van der Waals surface area contributed by atoms with Gasteiger partial charge in [0.15, 0.2) is 0 Å². The number of hydrogen-bond donors (Lipinski definition) is 0. The van der Waals surface area contributed by atoms with E-state index in [9.17, 15) is 26.4 Å². The summed E-state index contributed by atoms with van der Waals surface area (Å²) < 4.78 is 64.6. The number of halogens is 3. The molecule has 2 rings (SSSR count). The molecule has 0 N–H and O–H groups in total. The van der Waals surface area contributed by atoms with Gasteiger partial charge < -0.3 is 9.64 Å². The molecular formula is C15H19F3N2O4S. The molecule has 1 saturated heterocycles. The number of rotatable bonds is 4. The first-order chi connectivity index (χ1) is 11.5. The molecule has 0 bridgehead atoms. The number of hydrogen-bond acceptors (Lipinski definition) is 4. The molecule has 1 aliphatic heterocycles. The quantitative estimate of drug-likeness (QED) is 0.796. The smallest absolute Gasteiger partial charge is 0.406 e. The lowest BCUT2D eigenvalue weighted by molar-refractivity contribution is -0.274. The Hall–Kier alpha value is -1.81. The van der Waals surface area contributed by atoms with Gasteiger partial charge in [0.2, 0.25) is 15.9 Å². The van der Waals surface area contributed by atoms with Crippen LogP contribution in [0.4, 0.5) is 13.2 Å². The highest BCUT2D eigenvalue weighted by Crippen LogP contribution is 2.23. The number of amides is 1. The Morgan fingerprint density at radius 2 is 1.76 bits per heavy atom. The van der Waals surface area contributed by atoms with Crippen molar-refractivity contribution in [2.75, 3.05) is 32.4 Å². The maximum Gasteiger partial charge on any atom is 0.573 e. The van der Waals surface area contributed by atoms with Gasteiger partial charge in [-0.1, -0.05) is 12.1 Å². The molecule has 0 saturated carbocycles. The number of benzene rings is 1. The first kappa shape index (κ1) is 19.5. The number of carbonyl (C=O) groups is 1. The van der Waals surface area contributed by atoms with Crippen molar-refractivity contribution < 1.29 is 31.1 Å². The monoisotopic (exact) mass is 380 g/mol. The van der Waals surface area contributed by atoms with E-state index in [4.69, 9.17) is 0 Å². The predicted octanol–water partition coefficient (Wildman–Crippen LogP) is 1.62. The third-order valence-corrected chi connectivity index (χ3v) is 5.09. The molecule has 1 aromatic carbocycles. The molecule has 1 amide bonds. The number of alkyl halides is 3. The molecule has 1 aliphatic rings. The van der Waals surface area contributed by atoms with Crippen LogP contribution in [0.25, 0.3) is 0 Å². The van der Waals surface area contributed by atoms with Gasteiger partial charge in [0.1, 0.15) is 5.75 Å². The summed E-state index contributed by atoms with van der Waals surface area (Å²) in [5.74, 6) is -0.540. The van der Waals surface area contributed by atoms with Crippen LogP contribution in [-0.2, 0) is 21.2 Å². The van der Waals surface area contributed by atoms with E-state index in [0.717, 1.165) is 18.4 Å². The van der Waals surface area contributed by atoms with Crippen LogP contribution < -0.4 is 4.74 Å². The predicted molar refractivity (Wildman–Crippen MR) is 84.4 cm³/mol. The summed E-state index contributed by atoms with van der Waals surface area (Å²) >= 11 is 0. The van der Waals surface area contributed by atoms with Gasteiger partial charge in [-0.2, -0.15) is 0 Å². The van der Waals surface area contributed by atoms with Gasteiger partial charge in [-0.15, -0.1) is 13.2 Å². The first-order valence-corrected chi connectivity index (χ1v) is 9.47. The van der Waals surface area contributed by atoms with Crippen molar-refractivity contribution in [1.82, 2.24) is 9.21 Å². The third kappa shape index (κ3) is 6.20. The van der Waals surface area contributed by atoms with E-state index in [0.29, 0.717) is 31.6 Å². The van der Waals surface area contributed by atoms with Gasteiger partial charge >= 0.3 is 6.36 Å². The van der Waals surface area contributed by atoms with Crippen LogP contribution in [0, 0.1) is 0 Å². The molecular weight excluding hydrogens is 361 g/mol. The van der Waals surface area contributed by atoms with E-state index in [2.05, 4.69) is 4.74 Å². The van der Waals surface area contributed by atoms with Gasteiger partial charge in [0.25, 0.3) is 0 Å². The summed E-state index contributed by atoms with van der Waals surface area (Å²) in [6, 6.07) is 5.12. The fraction of sp³-hybridized carbons (Fsp3) is 0.533. The van der Waals surface area contributed by atoms with Crippen molar-refractivity contribution in [3.63, 3.8) is 0 Å². The fourth-order valence-corrected chi connectivity index (χ4v) is 3.44. The molecule has 0 spiro atoms. The highest BCUT2D eigenvalue weighted by Gasteiger charge is 2.31. The second-order valence-corrected chi connectivity index (χ2v) is 7.75. The maximum atomic E-state index is 12.3. The molecule has 0 unspecified atom stereocenters. The molecule has 10 heteroatoms.